The van der Waals surface area contributed by atoms with Crippen molar-refractivity contribution in [2.45, 2.75) is 0 Å². The molecule has 2 N–H and O–H groups in total. The van der Waals surface area contributed by atoms with Gasteiger partial charge in [0.1, 0.15) is 0 Å². The van der Waals surface area contributed by atoms with E-state index in [0.717, 1.165) is 6.54 Å². The molecule has 0 bridgehead atoms. The molecule has 1 aromatic heterocycles. The molecule has 0 saturated carbocycles. The third-order valence-corrected chi connectivity index (χ3v) is 1.51. The van der Waals surface area contributed by atoms with Crippen LogP contribution in [0.3, 0.4) is 0 Å². The van der Waals surface area contributed by atoms with Crippen molar-refractivity contribution in [1.29, 1.82) is 0 Å². The van der Waals surface area contributed by atoms with Crippen LogP contribution >= 0.6 is 0 Å². The first kappa shape index (κ1) is 9.60. The van der Waals surface area contributed by atoms with Gasteiger partial charge in [-0.25, -0.2) is 0 Å². The van der Waals surface area contributed by atoms with Gasteiger partial charge in [-0.1, -0.05) is 0 Å². The van der Waals surface area contributed by atoms with Crippen LogP contribution in [0.1, 0.15) is 10.4 Å². The summed E-state index contributed by atoms with van der Waals surface area (Å²) in [5, 5.41) is 12.9. The molecule has 0 aliphatic rings. The molecule has 5 nitrogen and oxygen atoms in total. The van der Waals surface area contributed by atoms with Gasteiger partial charge < -0.3 is 10.6 Å². The van der Waals surface area contributed by atoms with E-state index in [-0.39, 0.29) is 5.91 Å². The van der Waals surface area contributed by atoms with Gasteiger partial charge in [-0.15, -0.1) is 0 Å². The zero-order valence-corrected chi connectivity index (χ0v) is 7.45. The van der Waals surface area contributed by atoms with Gasteiger partial charge in [-0.2, -0.15) is 10.2 Å². The minimum absolute atomic E-state index is 0.120. The maximum atomic E-state index is 11.3. The minimum Gasteiger partial charge on any atom is -0.351 e. The van der Waals surface area contributed by atoms with Crippen molar-refractivity contribution >= 4 is 5.91 Å². The lowest BCUT2D eigenvalue weighted by molar-refractivity contribution is 0.0953. The lowest BCUT2D eigenvalue weighted by Gasteiger charge is -2.02. The molecule has 0 radical (unpaired) electrons. The smallest absolute Gasteiger partial charge is 0.253 e. The summed E-state index contributed by atoms with van der Waals surface area (Å²) in [6.45, 7) is 1.36. The number of nitrogens with one attached hydrogen (secondary N) is 2. The average molecular weight is 180 g/mol. The predicted molar refractivity (Wildman–Crippen MR) is 48.3 cm³/mol. The molecule has 0 unspecified atom stereocenters. The molecule has 1 heterocycles. The Labute approximate surface area is 76.6 Å². The molecule has 70 valence electrons. The second kappa shape index (κ2) is 5.21. The summed E-state index contributed by atoms with van der Waals surface area (Å²) in [5.41, 5.74) is 0.533. The Morgan fingerprint density at radius 3 is 2.92 bits per heavy atom. The zero-order chi connectivity index (χ0) is 9.52. The lowest BCUT2D eigenvalue weighted by Crippen LogP contribution is -2.30. The summed E-state index contributed by atoms with van der Waals surface area (Å²) in [6, 6.07) is 1.63. The van der Waals surface area contributed by atoms with E-state index in [9.17, 15) is 4.79 Å². The molecule has 13 heavy (non-hydrogen) atoms. The van der Waals surface area contributed by atoms with Crippen LogP contribution in [-0.4, -0.2) is 36.2 Å². The second-order valence-electron chi connectivity index (χ2n) is 2.49. The SMILES string of the molecule is CNCCNC(=O)c1ccnnc1. The van der Waals surface area contributed by atoms with Crippen LogP contribution in [0, 0.1) is 0 Å². The van der Waals surface area contributed by atoms with E-state index in [4.69, 9.17) is 0 Å². The standard InChI is InChI=1S/C8H12N4O/c1-9-4-5-10-8(13)7-2-3-11-12-6-7/h2-3,6,9H,4-5H2,1H3,(H,10,13). The fraction of sp³-hybridized carbons (Fsp3) is 0.375. The maximum absolute atomic E-state index is 11.3. The molecule has 1 rings (SSSR count). The van der Waals surface area contributed by atoms with Crippen LogP contribution in [0.2, 0.25) is 0 Å². The van der Waals surface area contributed by atoms with Gasteiger partial charge in [0.15, 0.2) is 0 Å². The number of carbonyl (C=O) groups is 1. The molecular weight excluding hydrogens is 168 g/mol. The summed E-state index contributed by atoms with van der Waals surface area (Å²) in [4.78, 5) is 11.3. The Morgan fingerprint density at radius 2 is 2.31 bits per heavy atom. The third-order valence-electron chi connectivity index (χ3n) is 1.51. The van der Waals surface area contributed by atoms with Crippen LogP contribution in [0.15, 0.2) is 18.5 Å². The first-order chi connectivity index (χ1) is 6.34. The van der Waals surface area contributed by atoms with Crippen LogP contribution in [0.25, 0.3) is 0 Å². The molecule has 0 aliphatic heterocycles. The number of rotatable bonds is 4. The Hall–Kier alpha value is -1.49. The predicted octanol–water partition coefficient (Wildman–Crippen LogP) is -0.574. The van der Waals surface area contributed by atoms with Gasteiger partial charge in [0.2, 0.25) is 0 Å². The quantitative estimate of drug-likeness (QED) is 0.609. The van der Waals surface area contributed by atoms with E-state index in [0.29, 0.717) is 12.1 Å². The Kier molecular flexibility index (Phi) is 3.84. The normalized spacial score (nSPS) is 9.62. The van der Waals surface area contributed by atoms with Crippen molar-refractivity contribution in [2.24, 2.45) is 0 Å². The molecule has 0 saturated heterocycles. The van der Waals surface area contributed by atoms with Crippen molar-refractivity contribution in [3.63, 3.8) is 0 Å². The first-order valence-electron chi connectivity index (χ1n) is 4.04. The molecule has 0 spiro atoms. The largest absolute Gasteiger partial charge is 0.351 e. The first-order valence-corrected chi connectivity index (χ1v) is 4.04. The topological polar surface area (TPSA) is 66.9 Å². The Morgan fingerprint density at radius 1 is 1.46 bits per heavy atom. The molecule has 0 aromatic carbocycles. The van der Waals surface area contributed by atoms with Gasteiger partial charge in [-0.3, -0.25) is 4.79 Å². The third kappa shape index (κ3) is 3.16. The van der Waals surface area contributed by atoms with Crippen LogP contribution in [-0.2, 0) is 0 Å². The van der Waals surface area contributed by atoms with Crippen LogP contribution in [0.4, 0.5) is 0 Å². The monoisotopic (exact) mass is 180 g/mol. The summed E-state index contributed by atoms with van der Waals surface area (Å²) in [5.74, 6) is -0.120. The maximum Gasteiger partial charge on any atom is 0.253 e. The fourth-order valence-corrected chi connectivity index (χ4v) is 0.828. The van der Waals surface area contributed by atoms with Gasteiger partial charge in [0, 0.05) is 13.1 Å². The number of amides is 1. The number of nitrogens with zero attached hydrogens (tertiary/aromatic N) is 2. The number of likely N-dealkylation sites (N-methyl/N-ethyl adjacent to an activating group) is 1. The van der Waals surface area contributed by atoms with E-state index in [2.05, 4.69) is 20.8 Å². The summed E-state index contributed by atoms with van der Waals surface area (Å²) < 4.78 is 0. The van der Waals surface area contributed by atoms with Gasteiger partial charge in [0.25, 0.3) is 5.91 Å². The zero-order valence-electron chi connectivity index (χ0n) is 7.45. The summed E-state index contributed by atoms with van der Waals surface area (Å²) >= 11 is 0. The Bertz CT molecular complexity index is 262. The van der Waals surface area contributed by atoms with Crippen molar-refractivity contribution in [3.8, 4) is 0 Å². The van der Waals surface area contributed by atoms with Crippen molar-refractivity contribution < 1.29 is 4.79 Å². The highest BCUT2D eigenvalue weighted by atomic mass is 16.1. The molecule has 5 heteroatoms. The second-order valence-corrected chi connectivity index (χ2v) is 2.49. The molecule has 0 aliphatic carbocycles. The van der Waals surface area contributed by atoms with Gasteiger partial charge in [0.05, 0.1) is 18.0 Å². The van der Waals surface area contributed by atoms with E-state index in [1.165, 1.54) is 12.4 Å². The average Bonchev–Trinajstić information content (AvgIpc) is 2.19. The Balaban J connectivity index is 2.40. The number of hydrogen-bond acceptors (Lipinski definition) is 4. The van der Waals surface area contributed by atoms with Crippen LogP contribution in [0.5, 0.6) is 0 Å². The number of carbonyl (C=O) groups excluding carboxylic acids is 1. The molecule has 1 amide bonds. The number of aromatic nitrogens is 2. The highest BCUT2D eigenvalue weighted by molar-refractivity contribution is 5.93. The number of hydrogen-bond donors (Lipinski definition) is 2. The van der Waals surface area contributed by atoms with Crippen molar-refractivity contribution in [1.82, 2.24) is 20.8 Å². The fourth-order valence-electron chi connectivity index (χ4n) is 0.828. The molecule has 0 atom stereocenters. The summed E-state index contributed by atoms with van der Waals surface area (Å²) in [6.07, 6.45) is 2.93. The van der Waals surface area contributed by atoms with E-state index >= 15 is 0 Å². The van der Waals surface area contributed by atoms with E-state index in [1.807, 2.05) is 7.05 Å². The summed E-state index contributed by atoms with van der Waals surface area (Å²) in [7, 11) is 1.83. The molecule has 0 fully saturated rings. The van der Waals surface area contributed by atoms with Crippen LogP contribution < -0.4 is 10.6 Å². The molecule has 1 aromatic rings. The minimum atomic E-state index is -0.120. The molecular formula is C8H12N4O. The lowest BCUT2D eigenvalue weighted by atomic mass is 10.3. The highest BCUT2D eigenvalue weighted by Crippen LogP contribution is 1.92. The van der Waals surface area contributed by atoms with E-state index < -0.39 is 0 Å². The van der Waals surface area contributed by atoms with E-state index in [1.54, 1.807) is 6.07 Å². The van der Waals surface area contributed by atoms with Crippen molar-refractivity contribution in [3.05, 3.63) is 24.0 Å². The highest BCUT2D eigenvalue weighted by Gasteiger charge is 2.02. The van der Waals surface area contributed by atoms with Gasteiger partial charge in [-0.05, 0) is 13.1 Å². The van der Waals surface area contributed by atoms with Crippen molar-refractivity contribution in [2.75, 3.05) is 20.1 Å². The van der Waals surface area contributed by atoms with Gasteiger partial charge >= 0.3 is 0 Å².